The Morgan fingerprint density at radius 3 is 2.89 bits per heavy atom. The summed E-state index contributed by atoms with van der Waals surface area (Å²) in [5.74, 6) is 0.141. The van der Waals surface area contributed by atoms with Crippen LogP contribution in [0, 0.1) is 5.82 Å². The second kappa shape index (κ2) is 6.39. The van der Waals surface area contributed by atoms with E-state index < -0.39 is 0 Å². The largest absolute Gasteiger partial charge is 0.376 e. The van der Waals surface area contributed by atoms with E-state index in [4.69, 9.17) is 16.3 Å². The summed E-state index contributed by atoms with van der Waals surface area (Å²) >= 11 is 5.70. The minimum atomic E-state index is -0.201. The average molecular weight is 272 g/mol. The van der Waals surface area contributed by atoms with Crippen molar-refractivity contribution in [1.29, 1.82) is 0 Å². The van der Waals surface area contributed by atoms with Crippen LogP contribution in [0.1, 0.15) is 25.3 Å². The third-order valence-corrected chi connectivity index (χ3v) is 3.65. The van der Waals surface area contributed by atoms with Crippen LogP contribution in [0.2, 0.25) is 0 Å². The van der Waals surface area contributed by atoms with Crippen LogP contribution in [-0.2, 0) is 10.6 Å². The number of likely N-dealkylation sites (N-methyl/N-ethyl adjacent to an activating group) is 1. The molecule has 1 saturated heterocycles. The van der Waals surface area contributed by atoms with Gasteiger partial charge in [-0.05, 0) is 37.5 Å². The van der Waals surface area contributed by atoms with Crippen molar-refractivity contribution in [3.63, 3.8) is 0 Å². The topological polar surface area (TPSA) is 12.5 Å². The zero-order valence-corrected chi connectivity index (χ0v) is 11.4. The van der Waals surface area contributed by atoms with Gasteiger partial charge in [0, 0.05) is 25.6 Å². The molecule has 0 amide bonds. The van der Waals surface area contributed by atoms with Crippen molar-refractivity contribution in [3.05, 3.63) is 29.6 Å². The summed E-state index contributed by atoms with van der Waals surface area (Å²) in [7, 11) is 0. The van der Waals surface area contributed by atoms with Crippen molar-refractivity contribution < 1.29 is 9.13 Å². The van der Waals surface area contributed by atoms with Gasteiger partial charge >= 0.3 is 0 Å². The van der Waals surface area contributed by atoms with E-state index in [9.17, 15) is 4.39 Å². The maximum Gasteiger partial charge on any atom is 0.146 e. The molecule has 2 rings (SSSR count). The van der Waals surface area contributed by atoms with Gasteiger partial charge in [-0.25, -0.2) is 4.39 Å². The molecule has 0 aromatic heterocycles. The van der Waals surface area contributed by atoms with Crippen LogP contribution in [0.4, 0.5) is 10.1 Å². The number of hydrogen-bond donors (Lipinski definition) is 0. The summed E-state index contributed by atoms with van der Waals surface area (Å²) in [5, 5.41) is 0. The van der Waals surface area contributed by atoms with E-state index in [-0.39, 0.29) is 11.9 Å². The molecule has 1 aromatic carbocycles. The number of nitrogens with zero attached hydrogens (tertiary/aromatic N) is 1. The zero-order chi connectivity index (χ0) is 13.0. The van der Waals surface area contributed by atoms with Crippen molar-refractivity contribution >= 4 is 17.3 Å². The summed E-state index contributed by atoms with van der Waals surface area (Å²) in [6, 6.07) is 5.20. The first kappa shape index (κ1) is 13.6. The smallest absolute Gasteiger partial charge is 0.146 e. The Morgan fingerprint density at radius 2 is 2.33 bits per heavy atom. The summed E-state index contributed by atoms with van der Waals surface area (Å²) in [6.07, 6.45) is 2.41. The first-order chi connectivity index (χ1) is 8.74. The van der Waals surface area contributed by atoms with Gasteiger partial charge in [-0.15, -0.1) is 11.6 Å². The van der Waals surface area contributed by atoms with E-state index in [1.54, 1.807) is 0 Å². The lowest BCUT2D eigenvalue weighted by atomic mass is 10.1. The van der Waals surface area contributed by atoms with Gasteiger partial charge in [0.1, 0.15) is 5.82 Å². The second-order valence-corrected chi connectivity index (χ2v) is 4.86. The van der Waals surface area contributed by atoms with Crippen LogP contribution >= 0.6 is 11.6 Å². The third-order valence-electron chi connectivity index (χ3n) is 3.34. The summed E-state index contributed by atoms with van der Waals surface area (Å²) < 4.78 is 19.6. The van der Waals surface area contributed by atoms with Gasteiger partial charge in [0.05, 0.1) is 11.8 Å². The molecule has 1 atom stereocenters. The normalized spacial score (nSPS) is 19.2. The molecule has 1 aliphatic heterocycles. The molecule has 100 valence electrons. The average Bonchev–Trinajstić information content (AvgIpc) is 2.89. The highest BCUT2D eigenvalue weighted by atomic mass is 35.5. The Labute approximate surface area is 113 Å². The van der Waals surface area contributed by atoms with Gasteiger partial charge in [0.15, 0.2) is 0 Å². The molecule has 1 unspecified atom stereocenters. The number of benzene rings is 1. The lowest BCUT2D eigenvalue weighted by molar-refractivity contribution is 0.115. The fourth-order valence-electron chi connectivity index (χ4n) is 2.32. The summed E-state index contributed by atoms with van der Waals surface area (Å²) in [5.41, 5.74) is 1.45. The van der Waals surface area contributed by atoms with E-state index in [0.29, 0.717) is 11.6 Å². The zero-order valence-electron chi connectivity index (χ0n) is 10.7. The number of alkyl halides is 1. The molecule has 1 aliphatic rings. The van der Waals surface area contributed by atoms with Crippen molar-refractivity contribution in [3.8, 4) is 0 Å². The molecule has 1 aromatic rings. The van der Waals surface area contributed by atoms with Crippen LogP contribution in [0.15, 0.2) is 18.2 Å². The molecular weight excluding hydrogens is 253 g/mol. The van der Waals surface area contributed by atoms with Gasteiger partial charge in [0.25, 0.3) is 0 Å². The molecule has 1 heterocycles. The standard InChI is InChI=1S/C14H19ClFNO/c1-2-17(10-12-4-3-7-18-12)14-6-5-11(9-15)8-13(14)16/h5-6,8,12H,2-4,7,9-10H2,1H3. The molecule has 0 radical (unpaired) electrons. The van der Waals surface area contributed by atoms with E-state index >= 15 is 0 Å². The van der Waals surface area contributed by atoms with Gasteiger partial charge in [0.2, 0.25) is 0 Å². The Balaban J connectivity index is 2.10. The van der Waals surface area contributed by atoms with Gasteiger partial charge in [-0.1, -0.05) is 6.07 Å². The highest BCUT2D eigenvalue weighted by Crippen LogP contribution is 2.23. The first-order valence-electron chi connectivity index (χ1n) is 6.45. The van der Waals surface area contributed by atoms with Crippen LogP contribution < -0.4 is 4.90 Å². The van der Waals surface area contributed by atoms with Crippen LogP contribution in [0.5, 0.6) is 0 Å². The van der Waals surface area contributed by atoms with Gasteiger partial charge < -0.3 is 9.64 Å². The van der Waals surface area contributed by atoms with Gasteiger partial charge in [-0.2, -0.15) is 0 Å². The maximum atomic E-state index is 14.0. The van der Waals surface area contributed by atoms with Crippen LogP contribution in [0.3, 0.4) is 0 Å². The molecule has 0 spiro atoms. The number of rotatable bonds is 5. The third kappa shape index (κ3) is 3.15. The Kier molecular flexibility index (Phi) is 4.84. The predicted octanol–water partition coefficient (Wildman–Crippen LogP) is 3.57. The predicted molar refractivity (Wildman–Crippen MR) is 72.8 cm³/mol. The lowest BCUT2D eigenvalue weighted by Gasteiger charge is -2.26. The van der Waals surface area contributed by atoms with Crippen molar-refractivity contribution in [2.24, 2.45) is 0 Å². The minimum Gasteiger partial charge on any atom is -0.376 e. The van der Waals surface area contributed by atoms with E-state index in [1.165, 1.54) is 6.07 Å². The molecule has 1 fully saturated rings. The maximum absolute atomic E-state index is 14.0. The second-order valence-electron chi connectivity index (χ2n) is 4.59. The Morgan fingerprint density at radius 1 is 1.50 bits per heavy atom. The first-order valence-corrected chi connectivity index (χ1v) is 6.99. The number of anilines is 1. The summed E-state index contributed by atoms with van der Waals surface area (Å²) in [6.45, 7) is 4.39. The SMILES string of the molecule is CCN(CC1CCCO1)c1ccc(CCl)cc1F. The fraction of sp³-hybridized carbons (Fsp3) is 0.571. The number of ether oxygens (including phenoxy) is 1. The van der Waals surface area contributed by atoms with Crippen molar-refractivity contribution in [2.75, 3.05) is 24.6 Å². The van der Waals surface area contributed by atoms with Crippen molar-refractivity contribution in [2.45, 2.75) is 31.7 Å². The molecule has 0 bridgehead atoms. The Hall–Kier alpha value is -0.800. The molecule has 4 heteroatoms. The van der Waals surface area contributed by atoms with Crippen LogP contribution in [-0.4, -0.2) is 25.8 Å². The molecular formula is C14H19ClFNO. The van der Waals surface area contributed by atoms with Crippen LogP contribution in [0.25, 0.3) is 0 Å². The molecule has 2 nitrogen and oxygen atoms in total. The molecule has 0 N–H and O–H groups in total. The quantitative estimate of drug-likeness (QED) is 0.759. The monoisotopic (exact) mass is 271 g/mol. The highest BCUT2D eigenvalue weighted by molar-refractivity contribution is 6.17. The number of halogens is 2. The Bertz CT molecular complexity index is 393. The minimum absolute atomic E-state index is 0.201. The summed E-state index contributed by atoms with van der Waals surface area (Å²) in [4.78, 5) is 2.03. The molecule has 0 aliphatic carbocycles. The number of hydrogen-bond acceptors (Lipinski definition) is 2. The molecule has 0 saturated carbocycles. The highest BCUT2D eigenvalue weighted by Gasteiger charge is 2.20. The van der Waals surface area contributed by atoms with Gasteiger partial charge in [-0.3, -0.25) is 0 Å². The van der Waals surface area contributed by atoms with E-state index in [1.807, 2.05) is 24.0 Å². The molecule has 18 heavy (non-hydrogen) atoms. The van der Waals surface area contributed by atoms with E-state index in [2.05, 4.69) is 0 Å². The van der Waals surface area contributed by atoms with E-state index in [0.717, 1.165) is 38.1 Å². The fourth-order valence-corrected chi connectivity index (χ4v) is 2.49. The lowest BCUT2D eigenvalue weighted by Crippen LogP contribution is -2.32. The van der Waals surface area contributed by atoms with Crippen molar-refractivity contribution in [1.82, 2.24) is 0 Å².